The van der Waals surface area contributed by atoms with Crippen LogP contribution in [0.4, 0.5) is 17.6 Å². The summed E-state index contributed by atoms with van der Waals surface area (Å²) in [6.45, 7) is -1.99. The molecule has 0 unspecified atom stereocenters. The molecule has 0 fully saturated rings. The Balaban J connectivity index is 1.67. The Kier molecular flexibility index (Phi) is 5.82. The highest BCUT2D eigenvalue weighted by Gasteiger charge is 2.38. The number of halogens is 4. The minimum Gasteiger partial charge on any atom is -0.340 e. The quantitative estimate of drug-likeness (QED) is 0.413. The van der Waals surface area contributed by atoms with Gasteiger partial charge in [-0.2, -0.15) is 13.8 Å². The predicted octanol–water partition coefficient (Wildman–Crippen LogP) is 3.79. The normalized spacial score (nSPS) is 11.8. The molecule has 6 nitrogen and oxygen atoms in total. The highest BCUT2D eigenvalue weighted by molar-refractivity contribution is 7.99. The number of benzene rings is 1. The number of imidazole rings is 1. The Labute approximate surface area is 161 Å². The molecule has 148 valence electrons. The van der Waals surface area contributed by atoms with Crippen molar-refractivity contribution in [3.05, 3.63) is 53.7 Å². The second-order valence-electron chi connectivity index (χ2n) is 5.90. The van der Waals surface area contributed by atoms with Gasteiger partial charge in [-0.15, -0.1) is 11.8 Å². The van der Waals surface area contributed by atoms with E-state index in [0.29, 0.717) is 5.75 Å². The molecule has 0 N–H and O–H groups in total. The molecule has 0 aliphatic carbocycles. The Hall–Kier alpha value is -2.69. The highest BCUT2D eigenvalue weighted by atomic mass is 32.2. The molecule has 2 aromatic heterocycles. The van der Waals surface area contributed by atoms with Crippen LogP contribution in [-0.2, 0) is 18.7 Å². The molecular formula is C17H14F4N4O2S. The van der Waals surface area contributed by atoms with E-state index in [2.05, 4.69) is 19.6 Å². The molecule has 0 amide bonds. The van der Waals surface area contributed by atoms with Crippen LogP contribution < -0.4 is 0 Å². The van der Waals surface area contributed by atoms with Gasteiger partial charge >= 0.3 is 5.92 Å². The van der Waals surface area contributed by atoms with Crippen LogP contribution in [-0.4, -0.2) is 37.9 Å². The lowest BCUT2D eigenvalue weighted by atomic mass is 10.1. The van der Waals surface area contributed by atoms with Gasteiger partial charge in [0.25, 0.3) is 5.89 Å². The number of carbonyl (C=O) groups is 1. The summed E-state index contributed by atoms with van der Waals surface area (Å²) < 4.78 is 59.1. The van der Waals surface area contributed by atoms with Crippen LogP contribution in [0.5, 0.6) is 0 Å². The summed E-state index contributed by atoms with van der Waals surface area (Å²) in [6.07, 6.45) is 3.46. The van der Waals surface area contributed by atoms with E-state index >= 15 is 0 Å². The molecule has 0 aliphatic heterocycles. The Morgan fingerprint density at radius 3 is 2.79 bits per heavy atom. The Morgan fingerprint density at radius 1 is 1.36 bits per heavy atom. The van der Waals surface area contributed by atoms with Gasteiger partial charge in [-0.05, 0) is 12.1 Å². The fourth-order valence-electron chi connectivity index (χ4n) is 2.29. The molecule has 3 rings (SSSR count). The predicted molar refractivity (Wildman–Crippen MR) is 93.3 cm³/mol. The third-order valence-corrected chi connectivity index (χ3v) is 4.64. The summed E-state index contributed by atoms with van der Waals surface area (Å²) in [4.78, 5) is 19.7. The van der Waals surface area contributed by atoms with Crippen LogP contribution >= 0.6 is 11.8 Å². The number of aryl methyl sites for hydroxylation is 1. The second kappa shape index (κ2) is 8.13. The molecule has 0 saturated heterocycles. The van der Waals surface area contributed by atoms with Crippen molar-refractivity contribution in [2.24, 2.45) is 7.05 Å². The molecule has 0 aliphatic rings. The van der Waals surface area contributed by atoms with Crippen molar-refractivity contribution in [3.63, 3.8) is 0 Å². The Bertz CT molecular complexity index is 989. The van der Waals surface area contributed by atoms with Gasteiger partial charge < -0.3 is 9.09 Å². The van der Waals surface area contributed by atoms with Crippen LogP contribution in [0.25, 0.3) is 11.4 Å². The smallest absolute Gasteiger partial charge is 0.340 e. The van der Waals surface area contributed by atoms with E-state index in [1.807, 2.05) is 13.2 Å². The van der Waals surface area contributed by atoms with E-state index in [-0.39, 0.29) is 22.7 Å². The molecule has 0 spiro atoms. The average Bonchev–Trinajstić information content (AvgIpc) is 3.31. The number of aromatic nitrogens is 4. The van der Waals surface area contributed by atoms with Crippen molar-refractivity contribution in [3.8, 4) is 11.4 Å². The topological polar surface area (TPSA) is 73.8 Å². The van der Waals surface area contributed by atoms with Crippen molar-refractivity contribution in [2.75, 3.05) is 12.4 Å². The van der Waals surface area contributed by atoms with E-state index in [1.165, 1.54) is 23.9 Å². The van der Waals surface area contributed by atoms with Crippen molar-refractivity contribution < 1.29 is 26.9 Å². The summed E-state index contributed by atoms with van der Waals surface area (Å²) >= 11 is 1.29. The van der Waals surface area contributed by atoms with Crippen molar-refractivity contribution in [1.82, 2.24) is 19.7 Å². The molecule has 2 heterocycles. The average molecular weight is 414 g/mol. The first-order chi connectivity index (χ1) is 13.3. The number of alkyl halides is 3. The van der Waals surface area contributed by atoms with Crippen molar-refractivity contribution in [1.29, 1.82) is 0 Å². The second-order valence-corrected chi connectivity index (χ2v) is 6.89. The molecule has 3 aromatic rings. The molecule has 0 atom stereocenters. The first-order valence-corrected chi connectivity index (χ1v) is 9.11. The van der Waals surface area contributed by atoms with Gasteiger partial charge in [0.2, 0.25) is 5.82 Å². The van der Waals surface area contributed by atoms with Gasteiger partial charge in [-0.1, -0.05) is 11.2 Å². The third-order valence-electron chi connectivity index (χ3n) is 3.68. The minimum absolute atomic E-state index is 0.0276. The zero-order valence-electron chi connectivity index (χ0n) is 14.5. The summed E-state index contributed by atoms with van der Waals surface area (Å²) in [5, 5.41) is 3.30. The van der Waals surface area contributed by atoms with Crippen LogP contribution in [0, 0.1) is 5.82 Å². The number of nitrogens with zero attached hydrogens (tertiary/aromatic N) is 4. The lowest BCUT2D eigenvalue weighted by molar-refractivity contribution is -0.0558. The molecule has 0 radical (unpaired) electrons. The molecule has 11 heteroatoms. The van der Waals surface area contributed by atoms with E-state index < -0.39 is 30.1 Å². The monoisotopic (exact) mass is 414 g/mol. The summed E-state index contributed by atoms with van der Waals surface area (Å²) in [5.74, 6) is -6.16. The zero-order valence-corrected chi connectivity index (χ0v) is 15.4. The van der Waals surface area contributed by atoms with Crippen molar-refractivity contribution >= 4 is 17.5 Å². The number of ketones is 1. The number of carbonyl (C=O) groups excluding carboxylic acids is 1. The zero-order chi connectivity index (χ0) is 20.3. The summed E-state index contributed by atoms with van der Waals surface area (Å²) in [6, 6.07) is 3.47. The first kappa shape index (κ1) is 20.1. The van der Waals surface area contributed by atoms with E-state index in [0.717, 1.165) is 11.8 Å². The Morgan fingerprint density at radius 2 is 2.14 bits per heavy atom. The first-order valence-electron chi connectivity index (χ1n) is 7.96. The fraction of sp³-hybridized carbons (Fsp3) is 0.294. The van der Waals surface area contributed by atoms with E-state index in [1.54, 1.807) is 10.9 Å². The molecule has 0 bridgehead atoms. The maximum atomic E-state index is 14.3. The van der Waals surface area contributed by atoms with Crippen LogP contribution in [0.1, 0.15) is 21.9 Å². The van der Waals surface area contributed by atoms with Gasteiger partial charge in [0.05, 0.1) is 23.3 Å². The number of Topliss-reactive ketones (excluding diaryl/α,β-unsaturated/α-hetero) is 1. The number of thioether (sulfide) groups is 1. The van der Waals surface area contributed by atoms with Crippen LogP contribution in [0.3, 0.4) is 0 Å². The number of hydrogen-bond acceptors (Lipinski definition) is 6. The maximum absolute atomic E-state index is 14.3. The molecule has 1 aromatic carbocycles. The lowest BCUT2D eigenvalue weighted by Gasteiger charge is -2.05. The van der Waals surface area contributed by atoms with Gasteiger partial charge in [0.1, 0.15) is 5.82 Å². The lowest BCUT2D eigenvalue weighted by Crippen LogP contribution is -2.16. The van der Waals surface area contributed by atoms with Gasteiger partial charge in [0, 0.05) is 24.6 Å². The summed E-state index contributed by atoms with van der Waals surface area (Å²) in [5.41, 5.74) is 0.684. The van der Waals surface area contributed by atoms with Crippen LogP contribution in [0.15, 0.2) is 35.2 Å². The third kappa shape index (κ3) is 4.41. The fourth-order valence-corrected chi connectivity index (χ4v) is 3.10. The SMILES string of the molecule is Cn1cnc(CSCC(=O)c2ccc(-c3noc(C(F)(F)CF)n3)cc2F)c1. The maximum Gasteiger partial charge on any atom is 0.352 e. The van der Waals surface area contributed by atoms with Gasteiger partial charge in [-0.3, -0.25) is 4.79 Å². The van der Waals surface area contributed by atoms with E-state index in [4.69, 9.17) is 0 Å². The summed E-state index contributed by atoms with van der Waals surface area (Å²) in [7, 11) is 1.83. The molecule has 28 heavy (non-hydrogen) atoms. The van der Waals surface area contributed by atoms with Crippen molar-refractivity contribution in [2.45, 2.75) is 11.7 Å². The van der Waals surface area contributed by atoms with Gasteiger partial charge in [0.15, 0.2) is 12.5 Å². The molecular weight excluding hydrogens is 400 g/mol. The van der Waals surface area contributed by atoms with Gasteiger partial charge in [-0.25, -0.2) is 13.8 Å². The van der Waals surface area contributed by atoms with Crippen LogP contribution in [0.2, 0.25) is 0 Å². The number of hydrogen-bond donors (Lipinski definition) is 0. The van der Waals surface area contributed by atoms with E-state index in [9.17, 15) is 22.4 Å². The standard InChI is InChI=1S/C17H14F4N4O2S/c1-25-5-11(22-9-25)6-28-7-14(26)12-3-2-10(4-13(12)19)15-23-16(27-24-15)17(20,21)8-18/h2-5,9H,6-8H2,1H3. The highest BCUT2D eigenvalue weighted by Crippen LogP contribution is 2.29. The number of rotatable bonds is 8. The largest absolute Gasteiger partial charge is 0.352 e. The molecule has 0 saturated carbocycles. The minimum atomic E-state index is -3.91.